The fraction of sp³-hybridized carbons (Fsp3) is 0.571. The zero-order valence-corrected chi connectivity index (χ0v) is 13.9. The van der Waals surface area contributed by atoms with Crippen LogP contribution in [0.15, 0.2) is 17.0 Å². The minimum atomic E-state index is -3.68. The van der Waals surface area contributed by atoms with Gasteiger partial charge in [-0.1, -0.05) is 25.4 Å². The molecule has 1 aromatic rings. The fourth-order valence-electron chi connectivity index (χ4n) is 2.51. The van der Waals surface area contributed by atoms with Crippen molar-refractivity contribution in [1.82, 2.24) is 9.62 Å². The average molecular weight is 335 g/mol. The first-order valence-electron chi connectivity index (χ1n) is 6.90. The summed E-state index contributed by atoms with van der Waals surface area (Å²) < 4.78 is 40.6. The monoisotopic (exact) mass is 334 g/mol. The Bertz CT molecular complexity index is 626. The molecule has 2 unspecified atom stereocenters. The molecule has 1 N–H and O–H groups in total. The molecular weight excluding hydrogens is 315 g/mol. The van der Waals surface area contributed by atoms with Crippen LogP contribution in [0.3, 0.4) is 0 Å². The van der Waals surface area contributed by atoms with Gasteiger partial charge in [0.05, 0.1) is 9.92 Å². The highest BCUT2D eigenvalue weighted by atomic mass is 35.5. The predicted molar refractivity (Wildman–Crippen MR) is 81.3 cm³/mol. The Morgan fingerprint density at radius 2 is 1.90 bits per heavy atom. The van der Waals surface area contributed by atoms with Crippen LogP contribution in [0.4, 0.5) is 4.39 Å². The van der Waals surface area contributed by atoms with Crippen LogP contribution in [0.2, 0.25) is 5.02 Å². The third kappa shape index (κ3) is 3.23. The number of rotatable bonds is 4. The van der Waals surface area contributed by atoms with Crippen molar-refractivity contribution in [2.45, 2.75) is 25.3 Å². The van der Waals surface area contributed by atoms with Crippen molar-refractivity contribution in [3.8, 4) is 0 Å². The SMILES string of the molecule is CNCc1cc(S(=O)(=O)N2CC(C)C(C)C2)cc(F)c1Cl. The highest BCUT2D eigenvalue weighted by Crippen LogP contribution is 2.30. The molecule has 0 saturated carbocycles. The van der Waals surface area contributed by atoms with E-state index in [0.717, 1.165) is 6.07 Å². The zero-order valence-electron chi connectivity index (χ0n) is 12.4. The maximum Gasteiger partial charge on any atom is 0.243 e. The second-order valence-electron chi connectivity index (χ2n) is 5.69. The number of sulfonamides is 1. The molecule has 0 aromatic heterocycles. The summed E-state index contributed by atoms with van der Waals surface area (Å²) >= 11 is 5.88. The molecule has 1 fully saturated rings. The molecule has 2 atom stereocenters. The second-order valence-corrected chi connectivity index (χ2v) is 8.00. The summed E-state index contributed by atoms with van der Waals surface area (Å²) in [5.41, 5.74) is 0.443. The summed E-state index contributed by atoms with van der Waals surface area (Å²) in [4.78, 5) is -0.0315. The van der Waals surface area contributed by atoms with Crippen LogP contribution in [-0.2, 0) is 16.6 Å². The van der Waals surface area contributed by atoms with Gasteiger partial charge in [0, 0.05) is 19.6 Å². The topological polar surface area (TPSA) is 49.4 Å². The van der Waals surface area contributed by atoms with E-state index in [2.05, 4.69) is 5.32 Å². The molecule has 7 heteroatoms. The first kappa shape index (κ1) is 16.7. The Labute approximate surface area is 130 Å². The molecule has 0 amide bonds. The highest BCUT2D eigenvalue weighted by molar-refractivity contribution is 7.89. The maximum atomic E-state index is 13.9. The third-order valence-corrected chi connectivity index (χ3v) is 6.27. The van der Waals surface area contributed by atoms with Gasteiger partial charge in [-0.3, -0.25) is 0 Å². The van der Waals surface area contributed by atoms with Gasteiger partial charge in [-0.2, -0.15) is 4.31 Å². The van der Waals surface area contributed by atoms with E-state index in [9.17, 15) is 12.8 Å². The summed E-state index contributed by atoms with van der Waals surface area (Å²) in [6.45, 7) is 5.29. The Morgan fingerprint density at radius 1 is 1.33 bits per heavy atom. The predicted octanol–water partition coefficient (Wildman–Crippen LogP) is 2.48. The van der Waals surface area contributed by atoms with Gasteiger partial charge < -0.3 is 5.32 Å². The van der Waals surface area contributed by atoms with E-state index in [1.165, 1.54) is 10.4 Å². The number of benzene rings is 1. The molecule has 4 nitrogen and oxygen atoms in total. The van der Waals surface area contributed by atoms with Gasteiger partial charge >= 0.3 is 0 Å². The van der Waals surface area contributed by atoms with Crippen LogP contribution in [0.25, 0.3) is 0 Å². The minimum absolute atomic E-state index is 0.0315. The van der Waals surface area contributed by atoms with Crippen molar-refractivity contribution in [3.05, 3.63) is 28.5 Å². The van der Waals surface area contributed by atoms with Gasteiger partial charge in [0.15, 0.2) is 0 Å². The Kier molecular flexibility index (Phi) is 4.92. The summed E-state index contributed by atoms with van der Waals surface area (Å²) in [7, 11) is -1.98. The lowest BCUT2D eigenvalue weighted by atomic mass is 10.0. The molecule has 0 spiro atoms. The van der Waals surface area contributed by atoms with E-state index in [0.29, 0.717) is 37.0 Å². The van der Waals surface area contributed by atoms with E-state index in [-0.39, 0.29) is 9.92 Å². The van der Waals surface area contributed by atoms with Crippen LogP contribution in [0, 0.1) is 17.7 Å². The maximum absolute atomic E-state index is 13.9. The van der Waals surface area contributed by atoms with Crippen LogP contribution < -0.4 is 5.32 Å². The molecule has 0 radical (unpaired) electrons. The summed E-state index contributed by atoms with van der Waals surface area (Å²) in [5, 5.41) is 2.82. The Morgan fingerprint density at radius 3 is 2.43 bits per heavy atom. The van der Waals surface area contributed by atoms with E-state index in [1.807, 2.05) is 13.8 Å². The number of hydrogen-bond donors (Lipinski definition) is 1. The highest BCUT2D eigenvalue weighted by Gasteiger charge is 2.35. The van der Waals surface area contributed by atoms with Crippen LogP contribution in [0.5, 0.6) is 0 Å². The number of hydrogen-bond acceptors (Lipinski definition) is 3. The van der Waals surface area contributed by atoms with E-state index in [4.69, 9.17) is 11.6 Å². The molecule has 1 aliphatic heterocycles. The molecule has 0 bridgehead atoms. The summed E-state index contributed by atoms with van der Waals surface area (Å²) in [5.74, 6) is -0.106. The van der Waals surface area contributed by atoms with Gasteiger partial charge in [-0.05, 0) is 36.6 Å². The van der Waals surface area contributed by atoms with Gasteiger partial charge in [-0.25, -0.2) is 12.8 Å². The lowest BCUT2D eigenvalue weighted by Gasteiger charge is -2.17. The number of halogens is 2. The van der Waals surface area contributed by atoms with E-state index >= 15 is 0 Å². The van der Waals surface area contributed by atoms with Crippen LogP contribution in [0.1, 0.15) is 19.4 Å². The largest absolute Gasteiger partial charge is 0.316 e. The Hall–Kier alpha value is -0.690. The molecule has 118 valence electrons. The standard InChI is InChI=1S/C14H20ClFN2O2S/c1-9-7-18(8-10(9)2)21(19,20)12-4-11(6-17-3)14(15)13(16)5-12/h4-5,9-10,17H,6-8H2,1-3H3. The first-order valence-corrected chi connectivity index (χ1v) is 8.71. The van der Waals surface area contributed by atoms with Gasteiger partial charge in [0.25, 0.3) is 0 Å². The van der Waals surface area contributed by atoms with Crippen molar-refractivity contribution in [2.75, 3.05) is 20.1 Å². The van der Waals surface area contributed by atoms with Crippen molar-refractivity contribution in [3.63, 3.8) is 0 Å². The van der Waals surface area contributed by atoms with Crippen molar-refractivity contribution >= 4 is 21.6 Å². The molecule has 1 aliphatic rings. The molecule has 0 aliphatic carbocycles. The lowest BCUT2D eigenvalue weighted by molar-refractivity contribution is 0.462. The molecule has 1 aromatic carbocycles. The van der Waals surface area contributed by atoms with Crippen molar-refractivity contribution in [1.29, 1.82) is 0 Å². The fourth-order valence-corrected chi connectivity index (χ4v) is 4.39. The minimum Gasteiger partial charge on any atom is -0.316 e. The third-order valence-electron chi connectivity index (χ3n) is 4.04. The first-order chi connectivity index (χ1) is 9.77. The van der Waals surface area contributed by atoms with Gasteiger partial charge in [0.2, 0.25) is 10.0 Å². The van der Waals surface area contributed by atoms with Crippen LogP contribution in [-0.4, -0.2) is 32.9 Å². The quantitative estimate of drug-likeness (QED) is 0.920. The van der Waals surface area contributed by atoms with Gasteiger partial charge in [-0.15, -0.1) is 0 Å². The molecule has 2 rings (SSSR count). The normalized spacial score (nSPS) is 23.7. The van der Waals surface area contributed by atoms with E-state index in [1.54, 1.807) is 7.05 Å². The number of nitrogens with one attached hydrogen (secondary N) is 1. The summed E-state index contributed by atoms with van der Waals surface area (Å²) in [6.07, 6.45) is 0. The molecule has 21 heavy (non-hydrogen) atoms. The molecule has 1 heterocycles. The molecule has 1 saturated heterocycles. The lowest BCUT2D eigenvalue weighted by Crippen LogP contribution is -2.29. The van der Waals surface area contributed by atoms with E-state index < -0.39 is 15.8 Å². The smallest absolute Gasteiger partial charge is 0.243 e. The molecular formula is C14H20ClFN2O2S. The second kappa shape index (κ2) is 6.20. The van der Waals surface area contributed by atoms with Crippen molar-refractivity contribution in [2.24, 2.45) is 11.8 Å². The zero-order chi connectivity index (χ0) is 15.8. The number of nitrogens with zero attached hydrogens (tertiary/aromatic N) is 1. The van der Waals surface area contributed by atoms with Gasteiger partial charge in [0.1, 0.15) is 5.82 Å². The Balaban J connectivity index is 2.41. The van der Waals surface area contributed by atoms with Crippen LogP contribution >= 0.6 is 11.6 Å². The average Bonchev–Trinajstić information content (AvgIpc) is 2.75. The van der Waals surface area contributed by atoms with Crippen molar-refractivity contribution < 1.29 is 12.8 Å². The summed E-state index contributed by atoms with van der Waals surface area (Å²) in [6, 6.07) is 2.45.